The molecular weight excluding hydrogens is 230 g/mol. The first-order valence-corrected chi connectivity index (χ1v) is 8.11. The Labute approximate surface area is 119 Å². The number of piperidine rings is 1. The number of allylic oxidation sites excluding steroid dienone is 3. The maximum Gasteiger partial charge on any atom is 0.00427 e. The summed E-state index contributed by atoms with van der Waals surface area (Å²) in [4.78, 5) is 0. The van der Waals surface area contributed by atoms with Crippen molar-refractivity contribution >= 4 is 0 Å². The van der Waals surface area contributed by atoms with Crippen molar-refractivity contribution in [2.75, 3.05) is 13.1 Å². The molecule has 0 bridgehead atoms. The van der Waals surface area contributed by atoms with Crippen LogP contribution in [-0.4, -0.2) is 13.1 Å². The molecule has 1 aliphatic carbocycles. The Morgan fingerprint density at radius 2 is 2.05 bits per heavy atom. The van der Waals surface area contributed by atoms with Crippen LogP contribution in [0.15, 0.2) is 22.8 Å². The molecule has 0 amide bonds. The molecule has 0 radical (unpaired) electrons. The van der Waals surface area contributed by atoms with Gasteiger partial charge in [0.15, 0.2) is 0 Å². The quantitative estimate of drug-likeness (QED) is 0.698. The predicted octanol–water partition coefficient (Wildman–Crippen LogP) is 4.85. The van der Waals surface area contributed by atoms with Crippen LogP contribution in [0.4, 0.5) is 0 Å². The van der Waals surface area contributed by atoms with Gasteiger partial charge in [-0.15, -0.1) is 0 Å². The van der Waals surface area contributed by atoms with Gasteiger partial charge < -0.3 is 5.32 Å². The van der Waals surface area contributed by atoms with Gasteiger partial charge in [0.25, 0.3) is 0 Å². The first-order valence-electron chi connectivity index (χ1n) is 8.11. The van der Waals surface area contributed by atoms with Crippen LogP contribution in [0.5, 0.6) is 0 Å². The molecule has 1 N–H and O–H groups in total. The zero-order chi connectivity index (χ0) is 13.9. The van der Waals surface area contributed by atoms with Crippen LogP contribution < -0.4 is 5.32 Å². The minimum atomic E-state index is 0.376. The summed E-state index contributed by atoms with van der Waals surface area (Å²) >= 11 is 0. The van der Waals surface area contributed by atoms with Crippen molar-refractivity contribution in [2.45, 2.75) is 66.2 Å². The van der Waals surface area contributed by atoms with E-state index in [-0.39, 0.29) is 0 Å². The minimum Gasteiger partial charge on any atom is -0.316 e. The second-order valence-corrected chi connectivity index (χ2v) is 6.90. The van der Waals surface area contributed by atoms with E-state index in [0.717, 1.165) is 12.5 Å². The van der Waals surface area contributed by atoms with Crippen molar-refractivity contribution in [1.82, 2.24) is 5.32 Å². The van der Waals surface area contributed by atoms with E-state index in [9.17, 15) is 0 Å². The lowest BCUT2D eigenvalue weighted by Gasteiger charge is -2.37. The van der Waals surface area contributed by atoms with Crippen molar-refractivity contribution in [2.24, 2.45) is 11.3 Å². The zero-order valence-corrected chi connectivity index (χ0v) is 13.3. The normalized spacial score (nSPS) is 30.2. The monoisotopic (exact) mass is 261 g/mol. The second-order valence-electron chi connectivity index (χ2n) is 6.90. The van der Waals surface area contributed by atoms with E-state index in [1.54, 1.807) is 11.1 Å². The molecule has 0 aromatic heterocycles. The third-order valence-corrected chi connectivity index (χ3v) is 5.36. The minimum absolute atomic E-state index is 0.376. The fourth-order valence-electron chi connectivity index (χ4n) is 3.35. The van der Waals surface area contributed by atoms with Crippen LogP contribution in [-0.2, 0) is 0 Å². The third-order valence-electron chi connectivity index (χ3n) is 5.36. The van der Waals surface area contributed by atoms with E-state index in [2.05, 4.69) is 39.1 Å². The Morgan fingerprint density at radius 1 is 1.32 bits per heavy atom. The molecule has 0 aromatic carbocycles. The summed E-state index contributed by atoms with van der Waals surface area (Å²) in [5.74, 6) is 1.03. The van der Waals surface area contributed by atoms with E-state index in [1.165, 1.54) is 50.6 Å². The van der Waals surface area contributed by atoms with Crippen LogP contribution in [0, 0.1) is 11.3 Å². The molecule has 1 aliphatic heterocycles. The van der Waals surface area contributed by atoms with Crippen LogP contribution in [0.1, 0.15) is 66.2 Å². The van der Waals surface area contributed by atoms with Crippen LogP contribution >= 0.6 is 0 Å². The highest BCUT2D eigenvalue weighted by atomic mass is 14.9. The summed E-state index contributed by atoms with van der Waals surface area (Å²) in [6.07, 6.45) is 10.6. The molecule has 1 unspecified atom stereocenters. The van der Waals surface area contributed by atoms with E-state index in [1.807, 2.05) is 0 Å². The summed E-state index contributed by atoms with van der Waals surface area (Å²) < 4.78 is 0. The van der Waals surface area contributed by atoms with Gasteiger partial charge in [0.05, 0.1) is 0 Å². The Morgan fingerprint density at radius 3 is 2.58 bits per heavy atom. The SMILES string of the molecule is C/C=C(C)\C(CCC1CC1)=C(/C)C1(C)CCCNC1. The van der Waals surface area contributed by atoms with Gasteiger partial charge in [-0.3, -0.25) is 0 Å². The predicted molar refractivity (Wildman–Crippen MR) is 84.3 cm³/mol. The summed E-state index contributed by atoms with van der Waals surface area (Å²) in [7, 11) is 0. The lowest BCUT2D eigenvalue weighted by molar-refractivity contribution is 0.285. The van der Waals surface area contributed by atoms with Crippen molar-refractivity contribution in [1.29, 1.82) is 0 Å². The van der Waals surface area contributed by atoms with Gasteiger partial charge in [-0.2, -0.15) is 0 Å². The lowest BCUT2D eigenvalue weighted by Crippen LogP contribution is -2.39. The second kappa shape index (κ2) is 6.26. The van der Waals surface area contributed by atoms with Crippen LogP contribution in [0.2, 0.25) is 0 Å². The fourth-order valence-corrected chi connectivity index (χ4v) is 3.35. The molecule has 2 rings (SSSR count). The number of nitrogens with one attached hydrogen (secondary N) is 1. The standard InChI is InChI=1S/C18H31N/c1-5-14(2)17(10-9-16-7-8-16)15(3)18(4)11-6-12-19-13-18/h5,16,19H,6-13H2,1-4H3/b14-5-,17-15+. The van der Waals surface area contributed by atoms with Crippen molar-refractivity contribution < 1.29 is 0 Å². The Bertz CT molecular complexity index is 365. The Hall–Kier alpha value is -0.560. The summed E-state index contributed by atoms with van der Waals surface area (Å²) in [6, 6.07) is 0. The maximum absolute atomic E-state index is 3.59. The Balaban J connectivity index is 2.18. The van der Waals surface area contributed by atoms with Crippen LogP contribution in [0.3, 0.4) is 0 Å². The molecule has 1 atom stereocenters. The lowest BCUT2D eigenvalue weighted by atomic mass is 9.73. The molecule has 108 valence electrons. The molecule has 1 saturated carbocycles. The Kier molecular flexibility index (Phi) is 4.89. The molecule has 19 heavy (non-hydrogen) atoms. The van der Waals surface area contributed by atoms with E-state index < -0.39 is 0 Å². The molecular formula is C18H31N. The molecule has 2 fully saturated rings. The number of hydrogen-bond acceptors (Lipinski definition) is 1. The molecule has 1 nitrogen and oxygen atoms in total. The largest absolute Gasteiger partial charge is 0.316 e. The topological polar surface area (TPSA) is 12.0 Å². The van der Waals surface area contributed by atoms with E-state index in [0.29, 0.717) is 5.41 Å². The van der Waals surface area contributed by atoms with Crippen molar-refractivity contribution in [3.8, 4) is 0 Å². The van der Waals surface area contributed by atoms with Gasteiger partial charge in [0, 0.05) is 12.0 Å². The summed E-state index contributed by atoms with van der Waals surface area (Å²) in [6.45, 7) is 11.7. The fraction of sp³-hybridized carbons (Fsp3) is 0.778. The van der Waals surface area contributed by atoms with Gasteiger partial charge in [0.2, 0.25) is 0 Å². The highest BCUT2D eigenvalue weighted by Crippen LogP contribution is 2.41. The van der Waals surface area contributed by atoms with Gasteiger partial charge in [0.1, 0.15) is 0 Å². The smallest absolute Gasteiger partial charge is 0.00427 e. The van der Waals surface area contributed by atoms with Gasteiger partial charge in [-0.05, 0) is 64.5 Å². The number of hydrogen-bond donors (Lipinski definition) is 1. The van der Waals surface area contributed by atoms with Gasteiger partial charge in [-0.1, -0.05) is 37.0 Å². The molecule has 1 saturated heterocycles. The van der Waals surface area contributed by atoms with Crippen molar-refractivity contribution in [3.05, 3.63) is 22.8 Å². The molecule has 0 aromatic rings. The molecule has 0 spiro atoms. The summed E-state index contributed by atoms with van der Waals surface area (Å²) in [5, 5.41) is 3.59. The molecule has 1 heterocycles. The number of rotatable bonds is 5. The highest BCUT2D eigenvalue weighted by molar-refractivity contribution is 5.36. The third kappa shape index (κ3) is 3.72. The highest BCUT2D eigenvalue weighted by Gasteiger charge is 2.31. The first-order chi connectivity index (χ1) is 9.07. The van der Waals surface area contributed by atoms with Crippen molar-refractivity contribution in [3.63, 3.8) is 0 Å². The average molecular weight is 261 g/mol. The van der Waals surface area contributed by atoms with Crippen LogP contribution in [0.25, 0.3) is 0 Å². The van der Waals surface area contributed by atoms with Gasteiger partial charge in [-0.25, -0.2) is 0 Å². The first kappa shape index (κ1) is 14.8. The van der Waals surface area contributed by atoms with E-state index >= 15 is 0 Å². The van der Waals surface area contributed by atoms with Gasteiger partial charge >= 0.3 is 0 Å². The maximum atomic E-state index is 3.59. The molecule has 2 aliphatic rings. The summed E-state index contributed by atoms with van der Waals surface area (Å²) in [5.41, 5.74) is 5.18. The molecule has 1 heteroatoms. The van der Waals surface area contributed by atoms with E-state index in [4.69, 9.17) is 0 Å². The average Bonchev–Trinajstić information content (AvgIpc) is 3.23. The zero-order valence-electron chi connectivity index (χ0n) is 13.3.